The van der Waals surface area contributed by atoms with Gasteiger partial charge in [-0.2, -0.15) is 11.3 Å². The van der Waals surface area contributed by atoms with E-state index < -0.39 is 0 Å². The zero-order valence-corrected chi connectivity index (χ0v) is 11.6. The van der Waals surface area contributed by atoms with Crippen molar-refractivity contribution in [3.63, 3.8) is 0 Å². The number of rotatable bonds is 7. The molecule has 1 unspecified atom stereocenters. The van der Waals surface area contributed by atoms with Gasteiger partial charge < -0.3 is 0 Å². The summed E-state index contributed by atoms with van der Waals surface area (Å²) in [6.07, 6.45) is 3.95. The maximum atomic E-state index is 11.2. The molecular weight excluding hydrogens is 246 g/mol. The van der Waals surface area contributed by atoms with E-state index in [9.17, 15) is 4.79 Å². The molecule has 1 saturated carbocycles. The predicted octanol–water partition coefficient (Wildman–Crippen LogP) is 1.87. The van der Waals surface area contributed by atoms with Crippen molar-refractivity contribution in [3.8, 4) is 0 Å². The van der Waals surface area contributed by atoms with Crippen LogP contribution in [-0.4, -0.2) is 22.9 Å². The minimum atomic E-state index is -0.0758. The van der Waals surface area contributed by atoms with Crippen LogP contribution in [0.3, 0.4) is 0 Å². The zero-order chi connectivity index (χ0) is 13.0. The molecule has 2 rings (SSSR count). The third kappa shape index (κ3) is 3.80. The van der Waals surface area contributed by atoms with Gasteiger partial charge in [-0.3, -0.25) is 15.1 Å². The standard InChI is InChI=1S/C13H21N3OS/c1-10(2-5-13(17)15-14)16(12-3-4-12)8-11-6-7-18-9-11/h6-7,9-10,12H,2-5,8,14H2,1H3,(H,15,17). The summed E-state index contributed by atoms with van der Waals surface area (Å²) in [6, 6.07) is 3.31. The van der Waals surface area contributed by atoms with E-state index in [1.807, 2.05) is 0 Å². The van der Waals surface area contributed by atoms with Crippen molar-refractivity contribution in [1.82, 2.24) is 10.3 Å². The second-order valence-electron chi connectivity index (χ2n) is 4.99. The normalized spacial score (nSPS) is 16.8. The van der Waals surface area contributed by atoms with Gasteiger partial charge in [-0.15, -0.1) is 0 Å². The van der Waals surface area contributed by atoms with Crippen molar-refractivity contribution >= 4 is 17.2 Å². The third-order valence-electron chi connectivity index (χ3n) is 3.48. The van der Waals surface area contributed by atoms with Crippen molar-refractivity contribution in [2.75, 3.05) is 0 Å². The molecule has 1 heterocycles. The first kappa shape index (κ1) is 13.5. The van der Waals surface area contributed by atoms with Crippen LogP contribution >= 0.6 is 11.3 Å². The predicted molar refractivity (Wildman–Crippen MR) is 73.9 cm³/mol. The van der Waals surface area contributed by atoms with Gasteiger partial charge >= 0.3 is 0 Å². The van der Waals surface area contributed by atoms with E-state index in [4.69, 9.17) is 5.84 Å². The molecule has 4 nitrogen and oxygen atoms in total. The molecular formula is C13H21N3OS. The highest BCUT2D eigenvalue weighted by atomic mass is 32.1. The summed E-state index contributed by atoms with van der Waals surface area (Å²) in [5.41, 5.74) is 3.57. The molecule has 18 heavy (non-hydrogen) atoms. The number of hydrogen-bond donors (Lipinski definition) is 2. The summed E-state index contributed by atoms with van der Waals surface area (Å²) in [7, 11) is 0. The molecule has 1 atom stereocenters. The maximum Gasteiger partial charge on any atom is 0.233 e. The molecule has 0 radical (unpaired) electrons. The van der Waals surface area contributed by atoms with Crippen LogP contribution in [0.2, 0.25) is 0 Å². The Morgan fingerprint density at radius 1 is 1.67 bits per heavy atom. The van der Waals surface area contributed by atoms with Gasteiger partial charge in [-0.1, -0.05) is 0 Å². The minimum absolute atomic E-state index is 0.0758. The van der Waals surface area contributed by atoms with Crippen LogP contribution in [0.25, 0.3) is 0 Å². The summed E-state index contributed by atoms with van der Waals surface area (Å²) in [4.78, 5) is 13.7. The lowest BCUT2D eigenvalue weighted by Gasteiger charge is -2.28. The van der Waals surface area contributed by atoms with Crippen LogP contribution < -0.4 is 11.3 Å². The monoisotopic (exact) mass is 267 g/mol. The zero-order valence-electron chi connectivity index (χ0n) is 10.8. The number of amides is 1. The van der Waals surface area contributed by atoms with Crippen molar-refractivity contribution in [2.45, 2.75) is 51.2 Å². The molecule has 1 aromatic rings. The second-order valence-corrected chi connectivity index (χ2v) is 5.77. The number of hydrazine groups is 1. The Balaban J connectivity index is 1.86. The third-order valence-corrected chi connectivity index (χ3v) is 4.21. The van der Waals surface area contributed by atoms with E-state index in [-0.39, 0.29) is 5.91 Å². The Kier molecular flexibility index (Phi) is 4.74. The van der Waals surface area contributed by atoms with Crippen LogP contribution in [0.15, 0.2) is 16.8 Å². The van der Waals surface area contributed by atoms with Gasteiger partial charge in [0.2, 0.25) is 5.91 Å². The van der Waals surface area contributed by atoms with Gasteiger partial charge in [0.05, 0.1) is 0 Å². The highest BCUT2D eigenvalue weighted by molar-refractivity contribution is 7.07. The highest BCUT2D eigenvalue weighted by Gasteiger charge is 2.32. The molecule has 0 aliphatic heterocycles. The molecule has 3 N–H and O–H groups in total. The highest BCUT2D eigenvalue weighted by Crippen LogP contribution is 2.31. The van der Waals surface area contributed by atoms with Crippen LogP contribution in [0, 0.1) is 0 Å². The van der Waals surface area contributed by atoms with Gasteiger partial charge in [-0.05, 0) is 48.6 Å². The summed E-state index contributed by atoms with van der Waals surface area (Å²) in [5.74, 6) is 5.03. The average Bonchev–Trinajstić information content (AvgIpc) is 3.09. The number of nitrogens with one attached hydrogen (secondary N) is 1. The van der Waals surface area contributed by atoms with E-state index in [0.717, 1.165) is 13.0 Å². The van der Waals surface area contributed by atoms with E-state index in [2.05, 4.69) is 34.1 Å². The summed E-state index contributed by atoms with van der Waals surface area (Å²) < 4.78 is 0. The van der Waals surface area contributed by atoms with Crippen molar-refractivity contribution < 1.29 is 4.79 Å². The van der Waals surface area contributed by atoms with Crippen LogP contribution in [0.5, 0.6) is 0 Å². The number of carbonyl (C=O) groups excluding carboxylic acids is 1. The van der Waals surface area contributed by atoms with Gasteiger partial charge in [0.1, 0.15) is 0 Å². The Morgan fingerprint density at radius 2 is 2.44 bits per heavy atom. The van der Waals surface area contributed by atoms with E-state index in [1.54, 1.807) is 11.3 Å². The average molecular weight is 267 g/mol. The van der Waals surface area contributed by atoms with Crippen LogP contribution in [0.4, 0.5) is 0 Å². The SMILES string of the molecule is CC(CCC(=O)NN)N(Cc1ccsc1)C1CC1. The number of nitrogens with zero attached hydrogens (tertiary/aromatic N) is 1. The number of carbonyl (C=O) groups is 1. The van der Waals surface area contributed by atoms with Gasteiger partial charge in [0.25, 0.3) is 0 Å². The lowest BCUT2D eigenvalue weighted by atomic mass is 10.1. The molecule has 1 aromatic heterocycles. The van der Waals surface area contributed by atoms with Crippen LogP contribution in [0.1, 0.15) is 38.2 Å². The Morgan fingerprint density at radius 3 is 3.00 bits per heavy atom. The molecule has 0 spiro atoms. The molecule has 100 valence electrons. The smallest absolute Gasteiger partial charge is 0.233 e. The number of thiophene rings is 1. The molecule has 0 aromatic carbocycles. The second kappa shape index (κ2) is 6.31. The topological polar surface area (TPSA) is 58.4 Å². The molecule has 1 fully saturated rings. The first-order chi connectivity index (χ1) is 8.70. The van der Waals surface area contributed by atoms with Gasteiger partial charge in [0.15, 0.2) is 0 Å². The molecule has 1 aliphatic rings. The van der Waals surface area contributed by atoms with Crippen molar-refractivity contribution in [3.05, 3.63) is 22.4 Å². The molecule has 1 aliphatic carbocycles. The fourth-order valence-electron chi connectivity index (χ4n) is 2.22. The van der Waals surface area contributed by atoms with Gasteiger partial charge in [-0.25, -0.2) is 5.84 Å². The minimum Gasteiger partial charge on any atom is -0.294 e. The molecule has 0 saturated heterocycles. The summed E-state index contributed by atoms with van der Waals surface area (Å²) in [5, 5.41) is 4.32. The van der Waals surface area contributed by atoms with Gasteiger partial charge in [0, 0.05) is 25.0 Å². The molecule has 5 heteroatoms. The number of nitrogens with two attached hydrogens (primary N) is 1. The molecule has 1 amide bonds. The fraction of sp³-hybridized carbons (Fsp3) is 0.615. The fourth-order valence-corrected chi connectivity index (χ4v) is 2.88. The van der Waals surface area contributed by atoms with E-state index >= 15 is 0 Å². The Labute approximate surface area is 112 Å². The summed E-state index contributed by atoms with van der Waals surface area (Å²) >= 11 is 1.74. The van der Waals surface area contributed by atoms with Crippen molar-refractivity contribution in [1.29, 1.82) is 0 Å². The first-order valence-electron chi connectivity index (χ1n) is 6.47. The largest absolute Gasteiger partial charge is 0.294 e. The quantitative estimate of drug-likeness (QED) is 0.450. The van der Waals surface area contributed by atoms with E-state index in [1.165, 1.54) is 18.4 Å². The Hall–Kier alpha value is -0.910. The van der Waals surface area contributed by atoms with Crippen LogP contribution in [-0.2, 0) is 11.3 Å². The number of hydrogen-bond acceptors (Lipinski definition) is 4. The lowest BCUT2D eigenvalue weighted by molar-refractivity contribution is -0.121. The van der Waals surface area contributed by atoms with E-state index in [0.29, 0.717) is 18.5 Å². The van der Waals surface area contributed by atoms with Crippen molar-refractivity contribution in [2.24, 2.45) is 5.84 Å². The lowest BCUT2D eigenvalue weighted by Crippen LogP contribution is -2.36. The molecule has 0 bridgehead atoms. The maximum absolute atomic E-state index is 11.2. The summed E-state index contributed by atoms with van der Waals surface area (Å²) in [6.45, 7) is 3.20. The Bertz CT molecular complexity index is 376. The first-order valence-corrected chi connectivity index (χ1v) is 7.41.